The fourth-order valence-electron chi connectivity index (χ4n) is 1.44. The van der Waals surface area contributed by atoms with Crippen molar-refractivity contribution >= 4 is 11.9 Å². The van der Waals surface area contributed by atoms with Crippen LogP contribution in [0.2, 0.25) is 0 Å². The molecule has 2 rings (SSSR count). The van der Waals surface area contributed by atoms with Gasteiger partial charge in [0.15, 0.2) is 0 Å². The Labute approximate surface area is 92.2 Å². The van der Waals surface area contributed by atoms with Gasteiger partial charge in [0.25, 0.3) is 5.91 Å². The van der Waals surface area contributed by atoms with Crippen LogP contribution in [-0.2, 0) is 19.1 Å². The van der Waals surface area contributed by atoms with E-state index in [0.29, 0.717) is 26.1 Å². The van der Waals surface area contributed by atoms with E-state index in [0.717, 1.165) is 0 Å². The molecule has 0 saturated heterocycles. The van der Waals surface area contributed by atoms with Crippen molar-refractivity contribution in [1.82, 2.24) is 5.32 Å². The molecular formula is C10H13NO5. The van der Waals surface area contributed by atoms with Crippen LogP contribution in [-0.4, -0.2) is 36.7 Å². The molecule has 1 aliphatic carbocycles. The number of carbonyl (C=O) groups is 2. The maximum Gasteiger partial charge on any atom is 0.311 e. The summed E-state index contributed by atoms with van der Waals surface area (Å²) >= 11 is 0. The van der Waals surface area contributed by atoms with Crippen molar-refractivity contribution in [2.24, 2.45) is 5.41 Å². The zero-order valence-corrected chi connectivity index (χ0v) is 8.69. The molecule has 2 aliphatic rings. The molecule has 1 saturated carbocycles. The van der Waals surface area contributed by atoms with Crippen LogP contribution < -0.4 is 5.32 Å². The first kappa shape index (κ1) is 10.8. The molecule has 0 aromatic carbocycles. The van der Waals surface area contributed by atoms with Gasteiger partial charge in [-0.1, -0.05) is 0 Å². The molecule has 16 heavy (non-hydrogen) atoms. The van der Waals surface area contributed by atoms with Gasteiger partial charge in [-0.05, 0) is 12.8 Å². The van der Waals surface area contributed by atoms with Crippen LogP contribution in [0.25, 0.3) is 0 Å². The lowest BCUT2D eigenvalue weighted by Gasteiger charge is -2.16. The predicted molar refractivity (Wildman–Crippen MR) is 52.3 cm³/mol. The quantitative estimate of drug-likeness (QED) is 0.698. The molecule has 1 heterocycles. The first-order chi connectivity index (χ1) is 7.64. The summed E-state index contributed by atoms with van der Waals surface area (Å²) in [5, 5.41) is 11.4. The number of carboxylic acids is 1. The van der Waals surface area contributed by atoms with E-state index in [9.17, 15) is 9.59 Å². The second-order valence-corrected chi connectivity index (χ2v) is 3.97. The Bertz CT molecular complexity index is 345. The van der Waals surface area contributed by atoms with Crippen molar-refractivity contribution < 1.29 is 24.2 Å². The number of amides is 1. The first-order valence-corrected chi connectivity index (χ1v) is 5.10. The van der Waals surface area contributed by atoms with Crippen LogP contribution in [0.3, 0.4) is 0 Å². The Morgan fingerprint density at radius 3 is 2.69 bits per heavy atom. The zero-order valence-electron chi connectivity index (χ0n) is 8.69. The normalized spacial score (nSPS) is 21.1. The van der Waals surface area contributed by atoms with Crippen molar-refractivity contribution in [3.05, 3.63) is 12.0 Å². The van der Waals surface area contributed by atoms with Crippen molar-refractivity contribution in [1.29, 1.82) is 0 Å². The van der Waals surface area contributed by atoms with E-state index in [1.807, 2.05) is 0 Å². The first-order valence-electron chi connectivity index (χ1n) is 5.10. The van der Waals surface area contributed by atoms with E-state index in [1.54, 1.807) is 0 Å². The SMILES string of the molecule is O=C(NCC1(C(=O)O)CC1)C1=COCCO1. The standard InChI is InChI=1S/C10H13NO5/c12-8(7-5-15-3-4-16-7)11-6-10(1-2-10)9(13)14/h5H,1-4,6H2,(H,11,12)(H,13,14). The van der Waals surface area contributed by atoms with E-state index >= 15 is 0 Å². The summed E-state index contributed by atoms with van der Waals surface area (Å²) in [6, 6.07) is 0. The Hall–Kier alpha value is -1.72. The Morgan fingerprint density at radius 1 is 1.44 bits per heavy atom. The third-order valence-electron chi connectivity index (χ3n) is 2.77. The van der Waals surface area contributed by atoms with E-state index in [-0.39, 0.29) is 12.3 Å². The molecule has 1 fully saturated rings. The summed E-state index contributed by atoms with van der Waals surface area (Å²) in [6.07, 6.45) is 2.47. The summed E-state index contributed by atoms with van der Waals surface area (Å²) in [6.45, 7) is 0.904. The molecule has 2 N–H and O–H groups in total. The zero-order chi connectivity index (χ0) is 11.6. The number of rotatable bonds is 4. The molecule has 0 atom stereocenters. The van der Waals surface area contributed by atoms with Crippen molar-refractivity contribution in [2.45, 2.75) is 12.8 Å². The number of ether oxygens (including phenoxy) is 2. The molecule has 6 heteroatoms. The molecule has 0 aromatic rings. The van der Waals surface area contributed by atoms with Gasteiger partial charge in [0, 0.05) is 6.54 Å². The number of carboxylic acid groups (broad SMARTS) is 1. The fraction of sp³-hybridized carbons (Fsp3) is 0.600. The average Bonchev–Trinajstić information content (AvgIpc) is 3.08. The summed E-state index contributed by atoms with van der Waals surface area (Å²) in [5.74, 6) is -1.18. The molecule has 0 radical (unpaired) electrons. The van der Waals surface area contributed by atoms with Crippen LogP contribution >= 0.6 is 0 Å². The second kappa shape index (κ2) is 4.03. The highest BCUT2D eigenvalue weighted by Gasteiger charge is 2.50. The molecule has 6 nitrogen and oxygen atoms in total. The van der Waals surface area contributed by atoms with Gasteiger partial charge in [0.1, 0.15) is 19.5 Å². The Morgan fingerprint density at radius 2 is 2.19 bits per heavy atom. The van der Waals surface area contributed by atoms with Crippen LogP contribution in [0, 0.1) is 5.41 Å². The van der Waals surface area contributed by atoms with E-state index < -0.39 is 17.3 Å². The minimum atomic E-state index is -0.859. The Balaban J connectivity index is 1.84. The smallest absolute Gasteiger partial charge is 0.311 e. The highest BCUT2D eigenvalue weighted by molar-refractivity contribution is 5.91. The van der Waals surface area contributed by atoms with Crippen molar-refractivity contribution in [2.75, 3.05) is 19.8 Å². The predicted octanol–water partition coefficient (Wildman–Crippen LogP) is -0.144. The number of aliphatic carboxylic acids is 1. The molecule has 1 amide bonds. The van der Waals surface area contributed by atoms with Gasteiger partial charge in [-0.3, -0.25) is 9.59 Å². The summed E-state index contributed by atoms with van der Waals surface area (Å²) < 4.78 is 10.00. The number of hydrogen-bond donors (Lipinski definition) is 2. The van der Waals surface area contributed by atoms with Gasteiger partial charge in [0.05, 0.1) is 5.41 Å². The number of hydrogen-bond acceptors (Lipinski definition) is 4. The van der Waals surface area contributed by atoms with Gasteiger partial charge in [-0.15, -0.1) is 0 Å². The van der Waals surface area contributed by atoms with Crippen LogP contribution in [0.1, 0.15) is 12.8 Å². The lowest BCUT2D eigenvalue weighted by molar-refractivity contribution is -0.143. The lowest BCUT2D eigenvalue weighted by Crippen LogP contribution is -2.36. The summed E-state index contributed by atoms with van der Waals surface area (Å²) in [7, 11) is 0. The van der Waals surface area contributed by atoms with E-state index in [1.165, 1.54) is 6.26 Å². The average molecular weight is 227 g/mol. The fourth-order valence-corrected chi connectivity index (χ4v) is 1.44. The summed E-state index contributed by atoms with van der Waals surface area (Å²) in [4.78, 5) is 22.4. The molecule has 0 aromatic heterocycles. The minimum absolute atomic E-state index is 0.104. The third kappa shape index (κ3) is 2.10. The van der Waals surface area contributed by atoms with Crippen LogP contribution in [0.15, 0.2) is 12.0 Å². The van der Waals surface area contributed by atoms with Gasteiger partial charge in [-0.2, -0.15) is 0 Å². The van der Waals surface area contributed by atoms with Crippen LogP contribution in [0.5, 0.6) is 0 Å². The number of carbonyl (C=O) groups excluding carboxylic acids is 1. The highest BCUT2D eigenvalue weighted by atomic mass is 16.6. The molecule has 0 bridgehead atoms. The van der Waals surface area contributed by atoms with Gasteiger partial charge < -0.3 is 19.9 Å². The van der Waals surface area contributed by atoms with Crippen molar-refractivity contribution in [3.8, 4) is 0 Å². The topological polar surface area (TPSA) is 84.9 Å². The second-order valence-electron chi connectivity index (χ2n) is 3.97. The van der Waals surface area contributed by atoms with Gasteiger partial charge in [0.2, 0.25) is 5.76 Å². The summed E-state index contributed by atoms with van der Waals surface area (Å²) in [5.41, 5.74) is -0.758. The van der Waals surface area contributed by atoms with E-state index in [4.69, 9.17) is 14.6 Å². The Kier molecular flexibility index (Phi) is 2.72. The van der Waals surface area contributed by atoms with Gasteiger partial charge >= 0.3 is 5.97 Å². The molecule has 1 aliphatic heterocycles. The molecule has 0 spiro atoms. The largest absolute Gasteiger partial charge is 0.494 e. The minimum Gasteiger partial charge on any atom is -0.494 e. The highest BCUT2D eigenvalue weighted by Crippen LogP contribution is 2.45. The third-order valence-corrected chi connectivity index (χ3v) is 2.77. The van der Waals surface area contributed by atoms with Gasteiger partial charge in [-0.25, -0.2) is 0 Å². The monoisotopic (exact) mass is 227 g/mol. The molecule has 88 valence electrons. The van der Waals surface area contributed by atoms with Crippen LogP contribution in [0.4, 0.5) is 0 Å². The maximum absolute atomic E-state index is 11.5. The maximum atomic E-state index is 11.5. The lowest BCUT2D eigenvalue weighted by atomic mass is 10.1. The van der Waals surface area contributed by atoms with E-state index in [2.05, 4.69) is 5.32 Å². The van der Waals surface area contributed by atoms with Crippen molar-refractivity contribution in [3.63, 3.8) is 0 Å². The molecule has 0 unspecified atom stereocenters. The molecular weight excluding hydrogens is 214 g/mol. The number of nitrogens with one attached hydrogen (secondary N) is 1.